The Morgan fingerprint density at radius 3 is 2.50 bits per heavy atom. The fraction of sp³-hybridized carbons (Fsp3) is 0.267. The zero-order chi connectivity index (χ0) is 17.5. The third-order valence-corrected chi connectivity index (χ3v) is 5.04. The number of hydrogen-bond donors (Lipinski definition) is 1. The summed E-state index contributed by atoms with van der Waals surface area (Å²) in [5, 5.41) is 10.2. The SMILES string of the molecule is C[C@H](c1ccc(S(N)(=O)=O)cc1)N(C)c1ncnc2c1cnn2C. The van der Waals surface area contributed by atoms with Crippen molar-refractivity contribution >= 4 is 26.9 Å². The normalized spacial score (nSPS) is 13.2. The van der Waals surface area contributed by atoms with Gasteiger partial charge in [0.15, 0.2) is 5.65 Å². The second kappa shape index (κ2) is 5.84. The molecule has 1 aromatic carbocycles. The van der Waals surface area contributed by atoms with Gasteiger partial charge in [0.1, 0.15) is 12.1 Å². The van der Waals surface area contributed by atoms with Gasteiger partial charge in [-0.15, -0.1) is 0 Å². The van der Waals surface area contributed by atoms with Crippen LogP contribution in [0.2, 0.25) is 0 Å². The number of aromatic nitrogens is 4. The molecule has 0 spiro atoms. The number of nitrogens with two attached hydrogens (primary N) is 1. The zero-order valence-corrected chi connectivity index (χ0v) is 14.4. The predicted molar refractivity (Wildman–Crippen MR) is 90.9 cm³/mol. The van der Waals surface area contributed by atoms with Gasteiger partial charge in [-0.3, -0.25) is 4.68 Å². The minimum Gasteiger partial charge on any atom is -0.352 e. The summed E-state index contributed by atoms with van der Waals surface area (Å²) in [6.45, 7) is 2.01. The molecule has 0 saturated carbocycles. The molecule has 24 heavy (non-hydrogen) atoms. The lowest BCUT2D eigenvalue weighted by molar-refractivity contribution is 0.597. The molecule has 0 aliphatic rings. The Balaban J connectivity index is 1.95. The lowest BCUT2D eigenvalue weighted by Crippen LogP contribution is -2.23. The molecular weight excluding hydrogens is 328 g/mol. The van der Waals surface area contributed by atoms with Crippen LogP contribution >= 0.6 is 0 Å². The second-order valence-electron chi connectivity index (χ2n) is 5.60. The summed E-state index contributed by atoms with van der Waals surface area (Å²) in [5.74, 6) is 0.760. The monoisotopic (exact) mass is 346 g/mol. The maximum Gasteiger partial charge on any atom is 0.238 e. The maximum atomic E-state index is 11.4. The molecule has 9 heteroatoms. The predicted octanol–water partition coefficient (Wildman–Crippen LogP) is 1.21. The molecule has 0 fully saturated rings. The minimum absolute atomic E-state index is 0.0298. The van der Waals surface area contributed by atoms with Gasteiger partial charge in [-0.25, -0.2) is 23.5 Å². The van der Waals surface area contributed by atoms with E-state index < -0.39 is 10.0 Å². The van der Waals surface area contributed by atoms with Crippen molar-refractivity contribution in [3.63, 3.8) is 0 Å². The molecule has 0 aliphatic carbocycles. The van der Waals surface area contributed by atoms with E-state index >= 15 is 0 Å². The first-order chi connectivity index (χ1) is 11.3. The van der Waals surface area contributed by atoms with Gasteiger partial charge in [0.25, 0.3) is 0 Å². The molecule has 126 valence electrons. The number of nitrogens with zero attached hydrogens (tertiary/aromatic N) is 5. The summed E-state index contributed by atoms with van der Waals surface area (Å²) in [4.78, 5) is 10.7. The largest absolute Gasteiger partial charge is 0.352 e. The van der Waals surface area contributed by atoms with Crippen molar-refractivity contribution in [1.82, 2.24) is 19.7 Å². The summed E-state index contributed by atoms with van der Waals surface area (Å²) in [6, 6.07) is 6.49. The standard InChI is InChI=1S/C15H18N6O2S/c1-10(11-4-6-12(7-5-11)24(16,22)23)20(2)14-13-8-19-21(3)15(13)18-9-17-14/h4-10H,1-3H3,(H2,16,22,23)/t10-/m1/s1. The molecule has 2 aromatic heterocycles. The number of primary sulfonamides is 1. The van der Waals surface area contributed by atoms with Gasteiger partial charge in [0.2, 0.25) is 10.0 Å². The Morgan fingerprint density at radius 1 is 1.21 bits per heavy atom. The van der Waals surface area contributed by atoms with Crippen LogP contribution in [0.1, 0.15) is 18.5 Å². The number of anilines is 1. The van der Waals surface area contributed by atoms with Gasteiger partial charge in [-0.1, -0.05) is 12.1 Å². The topological polar surface area (TPSA) is 107 Å². The van der Waals surface area contributed by atoms with E-state index in [1.54, 1.807) is 23.0 Å². The lowest BCUT2D eigenvalue weighted by atomic mass is 10.1. The summed E-state index contributed by atoms with van der Waals surface area (Å²) in [7, 11) is 0.0626. The van der Waals surface area contributed by atoms with Gasteiger partial charge in [0.05, 0.1) is 22.5 Å². The van der Waals surface area contributed by atoms with E-state index in [1.807, 2.05) is 25.9 Å². The highest BCUT2D eigenvalue weighted by Crippen LogP contribution is 2.29. The van der Waals surface area contributed by atoms with Crippen LogP contribution in [0.25, 0.3) is 11.0 Å². The van der Waals surface area contributed by atoms with Gasteiger partial charge in [-0.05, 0) is 24.6 Å². The van der Waals surface area contributed by atoms with Crippen LogP contribution in [-0.2, 0) is 17.1 Å². The van der Waals surface area contributed by atoms with Gasteiger partial charge >= 0.3 is 0 Å². The number of hydrogen-bond acceptors (Lipinski definition) is 6. The Morgan fingerprint density at radius 2 is 1.88 bits per heavy atom. The Kier molecular flexibility index (Phi) is 3.98. The fourth-order valence-corrected chi connectivity index (χ4v) is 3.09. The van der Waals surface area contributed by atoms with Crippen molar-refractivity contribution in [2.45, 2.75) is 17.9 Å². The minimum atomic E-state index is -3.69. The molecule has 1 atom stereocenters. The molecule has 2 heterocycles. The molecule has 0 aliphatic heterocycles. The van der Waals surface area contributed by atoms with Crippen molar-refractivity contribution in [3.05, 3.63) is 42.4 Å². The molecule has 2 N–H and O–H groups in total. The van der Waals surface area contributed by atoms with Crippen LogP contribution in [0.15, 0.2) is 41.7 Å². The van der Waals surface area contributed by atoms with Crippen molar-refractivity contribution in [2.24, 2.45) is 12.2 Å². The molecular formula is C15H18N6O2S. The smallest absolute Gasteiger partial charge is 0.238 e. The summed E-state index contributed by atoms with van der Waals surface area (Å²) in [5.41, 5.74) is 1.70. The molecule has 8 nitrogen and oxygen atoms in total. The highest BCUT2D eigenvalue weighted by molar-refractivity contribution is 7.89. The number of rotatable bonds is 4. The second-order valence-corrected chi connectivity index (χ2v) is 7.17. The van der Waals surface area contributed by atoms with Crippen molar-refractivity contribution in [3.8, 4) is 0 Å². The third-order valence-electron chi connectivity index (χ3n) is 4.11. The highest BCUT2D eigenvalue weighted by Gasteiger charge is 2.18. The van der Waals surface area contributed by atoms with E-state index in [9.17, 15) is 8.42 Å². The highest BCUT2D eigenvalue weighted by atomic mass is 32.2. The summed E-state index contributed by atoms with van der Waals surface area (Å²) < 4.78 is 24.4. The Labute approximate surface area is 140 Å². The molecule has 0 radical (unpaired) electrons. The lowest BCUT2D eigenvalue weighted by Gasteiger charge is -2.26. The van der Waals surface area contributed by atoms with Gasteiger partial charge in [0, 0.05) is 14.1 Å². The molecule has 3 rings (SSSR count). The summed E-state index contributed by atoms with van der Waals surface area (Å²) >= 11 is 0. The van der Waals surface area contributed by atoms with Gasteiger partial charge < -0.3 is 4.90 Å². The van der Waals surface area contributed by atoms with Crippen LogP contribution in [0, 0.1) is 0 Å². The zero-order valence-electron chi connectivity index (χ0n) is 13.6. The molecule has 0 saturated heterocycles. The van der Waals surface area contributed by atoms with Crippen LogP contribution in [0.5, 0.6) is 0 Å². The average Bonchev–Trinajstić information content (AvgIpc) is 2.94. The number of benzene rings is 1. The first-order valence-electron chi connectivity index (χ1n) is 7.27. The van der Waals surface area contributed by atoms with Crippen molar-refractivity contribution < 1.29 is 8.42 Å². The van der Waals surface area contributed by atoms with Gasteiger partial charge in [-0.2, -0.15) is 5.10 Å². The van der Waals surface area contributed by atoms with Crippen LogP contribution in [0.4, 0.5) is 5.82 Å². The number of fused-ring (bicyclic) bond motifs is 1. The van der Waals surface area contributed by atoms with E-state index in [1.165, 1.54) is 18.5 Å². The van der Waals surface area contributed by atoms with E-state index in [4.69, 9.17) is 5.14 Å². The maximum absolute atomic E-state index is 11.4. The van der Waals surface area contributed by atoms with Crippen molar-refractivity contribution in [1.29, 1.82) is 0 Å². The fourth-order valence-electron chi connectivity index (χ4n) is 2.57. The molecule has 0 unspecified atom stereocenters. The van der Waals surface area contributed by atoms with E-state index in [0.717, 1.165) is 22.4 Å². The van der Waals surface area contributed by atoms with Crippen LogP contribution < -0.4 is 10.0 Å². The van der Waals surface area contributed by atoms with Crippen molar-refractivity contribution in [2.75, 3.05) is 11.9 Å². The van der Waals surface area contributed by atoms with E-state index in [2.05, 4.69) is 15.1 Å². The quantitative estimate of drug-likeness (QED) is 0.761. The first-order valence-corrected chi connectivity index (χ1v) is 8.82. The van der Waals surface area contributed by atoms with Crippen LogP contribution in [0.3, 0.4) is 0 Å². The third kappa shape index (κ3) is 2.83. The number of aryl methyl sites for hydroxylation is 1. The molecule has 0 amide bonds. The van der Waals surface area contributed by atoms with E-state index in [0.29, 0.717) is 0 Å². The average molecular weight is 346 g/mol. The molecule has 3 aromatic rings. The Bertz CT molecular complexity index is 981. The van der Waals surface area contributed by atoms with E-state index in [-0.39, 0.29) is 10.9 Å². The van der Waals surface area contributed by atoms with Crippen LogP contribution in [-0.4, -0.2) is 35.2 Å². The summed E-state index contributed by atoms with van der Waals surface area (Å²) in [6.07, 6.45) is 3.24. The first kappa shape index (κ1) is 16.3. The Hall–Kier alpha value is -2.52. The molecule has 0 bridgehead atoms. The number of sulfonamides is 1.